The molecule has 2 aliphatic heterocycles. The van der Waals surface area contributed by atoms with Crippen LogP contribution in [0.5, 0.6) is 6.01 Å². The third kappa shape index (κ3) is 4.02. The highest BCUT2D eigenvalue weighted by Gasteiger charge is 2.49. The zero-order valence-corrected chi connectivity index (χ0v) is 16.5. The summed E-state index contributed by atoms with van der Waals surface area (Å²) in [6.45, 7) is 3.95. The minimum atomic E-state index is -0.948. The number of fused-ring (bicyclic) bond motifs is 2. The van der Waals surface area contributed by atoms with Gasteiger partial charge in [-0.1, -0.05) is 30.3 Å². The molecule has 148 valence electrons. The molecule has 2 atom stereocenters. The van der Waals surface area contributed by atoms with E-state index in [2.05, 4.69) is 9.97 Å². The second-order valence-electron chi connectivity index (χ2n) is 8.20. The van der Waals surface area contributed by atoms with Crippen molar-refractivity contribution in [1.29, 1.82) is 0 Å². The maximum atomic E-state index is 12.9. The summed E-state index contributed by atoms with van der Waals surface area (Å²) in [5, 5.41) is 11.1. The van der Waals surface area contributed by atoms with Crippen LogP contribution in [-0.2, 0) is 11.2 Å². The van der Waals surface area contributed by atoms with E-state index in [0.717, 1.165) is 29.8 Å². The standard InChI is InChI=1S/C22H27N3O3/c1-15-10-16(2)24-21(23-15)28-14-22(27)12-18-8-9-19(13-22)25(18)20(26)11-17-6-4-3-5-7-17/h3-7,10,18-19,27H,8-9,11-14H2,1-2H3. The third-order valence-corrected chi connectivity index (χ3v) is 5.77. The molecule has 2 saturated heterocycles. The number of nitrogens with zero attached hydrogens (tertiary/aromatic N) is 3. The molecule has 6 nitrogen and oxygen atoms in total. The topological polar surface area (TPSA) is 75.6 Å². The number of hydrogen-bond donors (Lipinski definition) is 1. The molecular weight excluding hydrogens is 354 g/mol. The number of piperidine rings is 1. The van der Waals surface area contributed by atoms with Gasteiger partial charge < -0.3 is 14.7 Å². The molecule has 28 heavy (non-hydrogen) atoms. The summed E-state index contributed by atoms with van der Waals surface area (Å²) in [5.74, 6) is 0.152. The summed E-state index contributed by atoms with van der Waals surface area (Å²) in [4.78, 5) is 23.5. The van der Waals surface area contributed by atoms with Crippen molar-refractivity contribution < 1.29 is 14.6 Å². The third-order valence-electron chi connectivity index (χ3n) is 5.77. The van der Waals surface area contributed by atoms with Crippen LogP contribution in [0.3, 0.4) is 0 Å². The predicted molar refractivity (Wildman–Crippen MR) is 105 cm³/mol. The van der Waals surface area contributed by atoms with Crippen LogP contribution in [-0.4, -0.2) is 50.2 Å². The lowest BCUT2D eigenvalue weighted by Crippen LogP contribution is -2.55. The number of benzene rings is 1. The Labute approximate surface area is 165 Å². The van der Waals surface area contributed by atoms with Gasteiger partial charge in [0.2, 0.25) is 5.91 Å². The first kappa shape index (κ1) is 18.9. The molecule has 2 aliphatic rings. The van der Waals surface area contributed by atoms with Crippen molar-refractivity contribution in [3.05, 3.63) is 53.3 Å². The summed E-state index contributed by atoms with van der Waals surface area (Å²) in [5.41, 5.74) is 1.77. The van der Waals surface area contributed by atoms with Crippen molar-refractivity contribution >= 4 is 5.91 Å². The van der Waals surface area contributed by atoms with Gasteiger partial charge in [-0.05, 0) is 51.2 Å². The molecule has 1 aromatic heterocycles. The van der Waals surface area contributed by atoms with Gasteiger partial charge in [-0.15, -0.1) is 0 Å². The average molecular weight is 381 g/mol. The number of carbonyl (C=O) groups is 1. The van der Waals surface area contributed by atoms with Crippen LogP contribution in [0.1, 0.15) is 42.6 Å². The summed E-state index contributed by atoms with van der Waals surface area (Å²) in [6, 6.07) is 12.2. The number of aromatic nitrogens is 2. The van der Waals surface area contributed by atoms with Crippen molar-refractivity contribution in [1.82, 2.24) is 14.9 Å². The monoisotopic (exact) mass is 381 g/mol. The molecule has 0 radical (unpaired) electrons. The summed E-state index contributed by atoms with van der Waals surface area (Å²) >= 11 is 0. The molecule has 1 amide bonds. The van der Waals surface area contributed by atoms with Gasteiger partial charge in [0.05, 0.1) is 6.42 Å². The van der Waals surface area contributed by atoms with E-state index in [1.165, 1.54) is 0 Å². The average Bonchev–Trinajstić information content (AvgIpc) is 2.93. The summed E-state index contributed by atoms with van der Waals surface area (Å²) in [6.07, 6.45) is 3.37. The fraction of sp³-hybridized carbons (Fsp3) is 0.500. The fourth-order valence-electron chi connectivity index (χ4n) is 4.67. The van der Waals surface area contributed by atoms with Crippen LogP contribution in [0.25, 0.3) is 0 Å². The van der Waals surface area contributed by atoms with Gasteiger partial charge in [0.15, 0.2) is 0 Å². The Morgan fingerprint density at radius 1 is 1.14 bits per heavy atom. The number of rotatable bonds is 5. The SMILES string of the molecule is Cc1cc(C)nc(OCC2(O)CC3CCC(C2)N3C(=O)Cc2ccccc2)n1. The quantitative estimate of drug-likeness (QED) is 0.862. The minimum absolute atomic E-state index is 0.0729. The Bertz CT molecular complexity index is 821. The van der Waals surface area contributed by atoms with Gasteiger partial charge in [0.1, 0.15) is 12.2 Å². The molecule has 2 fully saturated rings. The maximum Gasteiger partial charge on any atom is 0.316 e. The second-order valence-corrected chi connectivity index (χ2v) is 8.20. The largest absolute Gasteiger partial charge is 0.460 e. The predicted octanol–water partition coefficient (Wildman–Crippen LogP) is 2.60. The number of amides is 1. The van der Waals surface area contributed by atoms with Crippen LogP contribution in [0.4, 0.5) is 0 Å². The highest BCUT2D eigenvalue weighted by atomic mass is 16.5. The number of aliphatic hydroxyl groups is 1. The molecular formula is C22H27N3O3. The zero-order valence-electron chi connectivity index (χ0n) is 16.5. The number of aryl methyl sites for hydroxylation is 2. The van der Waals surface area contributed by atoms with Crippen molar-refractivity contribution in [2.24, 2.45) is 0 Å². The van der Waals surface area contributed by atoms with E-state index in [1.54, 1.807) is 0 Å². The van der Waals surface area contributed by atoms with Crippen LogP contribution >= 0.6 is 0 Å². The van der Waals surface area contributed by atoms with E-state index in [1.807, 2.05) is 55.1 Å². The Morgan fingerprint density at radius 2 is 1.75 bits per heavy atom. The first-order chi connectivity index (χ1) is 13.4. The first-order valence-corrected chi connectivity index (χ1v) is 9.94. The highest BCUT2D eigenvalue weighted by molar-refractivity contribution is 5.80. The van der Waals surface area contributed by atoms with Crippen molar-refractivity contribution in [3.8, 4) is 6.01 Å². The number of carbonyl (C=O) groups excluding carboxylic acids is 1. The minimum Gasteiger partial charge on any atom is -0.460 e. The van der Waals surface area contributed by atoms with Crippen molar-refractivity contribution in [3.63, 3.8) is 0 Å². The van der Waals surface area contributed by atoms with E-state index >= 15 is 0 Å². The molecule has 2 aromatic rings. The van der Waals surface area contributed by atoms with Crippen molar-refractivity contribution in [2.45, 2.75) is 63.6 Å². The Kier molecular flexibility index (Phi) is 5.06. The summed E-state index contributed by atoms with van der Waals surface area (Å²) < 4.78 is 5.75. The van der Waals surface area contributed by atoms with Crippen molar-refractivity contribution in [2.75, 3.05) is 6.61 Å². The molecule has 2 bridgehead atoms. The van der Waals surface area contributed by atoms with E-state index in [9.17, 15) is 9.90 Å². The molecule has 2 unspecified atom stereocenters. The molecule has 0 spiro atoms. The molecule has 1 N–H and O–H groups in total. The maximum absolute atomic E-state index is 12.9. The molecule has 6 heteroatoms. The second kappa shape index (κ2) is 7.51. The van der Waals surface area contributed by atoms with Crippen LogP contribution in [0, 0.1) is 13.8 Å². The van der Waals surface area contributed by atoms with E-state index in [0.29, 0.717) is 25.3 Å². The normalized spacial score (nSPS) is 26.3. The van der Waals surface area contributed by atoms with Gasteiger partial charge in [0.25, 0.3) is 0 Å². The Hall–Kier alpha value is -2.47. The highest BCUT2D eigenvalue weighted by Crippen LogP contribution is 2.41. The van der Waals surface area contributed by atoms with Crippen LogP contribution in [0.2, 0.25) is 0 Å². The smallest absolute Gasteiger partial charge is 0.316 e. The summed E-state index contributed by atoms with van der Waals surface area (Å²) in [7, 11) is 0. The van der Waals surface area contributed by atoms with E-state index < -0.39 is 5.60 Å². The number of hydrogen-bond acceptors (Lipinski definition) is 5. The van der Waals surface area contributed by atoms with Crippen LogP contribution < -0.4 is 4.74 Å². The van der Waals surface area contributed by atoms with E-state index in [-0.39, 0.29) is 24.6 Å². The molecule has 3 heterocycles. The lowest BCUT2D eigenvalue weighted by Gasteiger charge is -2.43. The molecule has 4 rings (SSSR count). The fourth-order valence-corrected chi connectivity index (χ4v) is 4.67. The van der Waals surface area contributed by atoms with Gasteiger partial charge in [-0.2, -0.15) is 0 Å². The van der Waals surface area contributed by atoms with Gasteiger partial charge >= 0.3 is 6.01 Å². The zero-order chi connectivity index (χ0) is 19.7. The first-order valence-electron chi connectivity index (χ1n) is 9.94. The Balaban J connectivity index is 1.40. The van der Waals surface area contributed by atoms with Gasteiger partial charge in [-0.25, -0.2) is 9.97 Å². The lowest BCUT2D eigenvalue weighted by atomic mass is 9.86. The number of ether oxygens (including phenoxy) is 1. The molecule has 0 saturated carbocycles. The molecule has 1 aromatic carbocycles. The van der Waals surface area contributed by atoms with Crippen LogP contribution in [0.15, 0.2) is 36.4 Å². The Morgan fingerprint density at radius 3 is 2.36 bits per heavy atom. The van der Waals surface area contributed by atoms with Gasteiger partial charge in [0, 0.05) is 23.5 Å². The molecule has 0 aliphatic carbocycles. The van der Waals surface area contributed by atoms with Gasteiger partial charge in [-0.3, -0.25) is 4.79 Å². The van der Waals surface area contributed by atoms with E-state index in [4.69, 9.17) is 4.74 Å². The lowest BCUT2D eigenvalue weighted by molar-refractivity contribution is -0.142.